The molecule has 0 saturated carbocycles. The van der Waals surface area contributed by atoms with Gasteiger partial charge in [0.15, 0.2) is 5.82 Å². The Kier molecular flexibility index (Phi) is 5.13. The van der Waals surface area contributed by atoms with Crippen molar-refractivity contribution >= 4 is 5.69 Å². The van der Waals surface area contributed by atoms with E-state index < -0.39 is 0 Å². The zero-order valence-electron chi connectivity index (χ0n) is 16.9. The summed E-state index contributed by atoms with van der Waals surface area (Å²) in [4.78, 5) is 4.95. The molecule has 146 valence electrons. The Morgan fingerprint density at radius 3 is 2.04 bits per heavy atom. The molecule has 0 aliphatic carbocycles. The largest absolute Gasteiger partial charge is 0.369 e. The van der Waals surface area contributed by atoms with Crippen molar-refractivity contribution in [3.05, 3.63) is 72.1 Å². The number of piperazine rings is 1. The zero-order valence-corrected chi connectivity index (χ0v) is 16.9. The molecule has 6 heteroatoms. The fourth-order valence-electron chi connectivity index (χ4n) is 3.88. The molecule has 0 amide bonds. The molecular weight excluding hydrogens is 348 g/mol. The Hall–Kier alpha value is -2.73. The molecule has 6 nitrogen and oxygen atoms in total. The minimum atomic E-state index is -0.169. The predicted octanol–water partition coefficient (Wildman–Crippen LogP) is 3.34. The molecule has 1 aliphatic rings. The summed E-state index contributed by atoms with van der Waals surface area (Å²) in [6, 6.07) is 21.3. The van der Waals surface area contributed by atoms with Crippen LogP contribution in [0.3, 0.4) is 0 Å². The Balaban J connectivity index is 1.62. The van der Waals surface area contributed by atoms with E-state index in [0.29, 0.717) is 0 Å². The van der Waals surface area contributed by atoms with Crippen LogP contribution in [0.15, 0.2) is 60.7 Å². The van der Waals surface area contributed by atoms with Crippen molar-refractivity contribution in [3.8, 4) is 0 Å². The molecule has 4 rings (SSSR count). The molecule has 0 spiro atoms. The maximum Gasteiger partial charge on any atom is 0.173 e. The Labute approximate surface area is 166 Å². The van der Waals surface area contributed by atoms with E-state index in [-0.39, 0.29) is 11.6 Å². The number of tetrazole rings is 1. The molecule has 0 N–H and O–H groups in total. The summed E-state index contributed by atoms with van der Waals surface area (Å²) in [5, 5.41) is 12.8. The van der Waals surface area contributed by atoms with Gasteiger partial charge >= 0.3 is 0 Å². The molecule has 2 aromatic carbocycles. The smallest absolute Gasteiger partial charge is 0.173 e. The molecule has 1 aromatic heterocycles. The fourth-order valence-corrected chi connectivity index (χ4v) is 3.88. The van der Waals surface area contributed by atoms with Gasteiger partial charge in [-0.2, -0.15) is 0 Å². The van der Waals surface area contributed by atoms with E-state index in [0.717, 1.165) is 32.0 Å². The van der Waals surface area contributed by atoms with E-state index >= 15 is 0 Å². The van der Waals surface area contributed by atoms with E-state index in [9.17, 15) is 0 Å². The van der Waals surface area contributed by atoms with Crippen molar-refractivity contribution in [2.24, 2.45) is 0 Å². The van der Waals surface area contributed by atoms with Crippen LogP contribution in [0.2, 0.25) is 0 Å². The zero-order chi connectivity index (χ0) is 19.6. The van der Waals surface area contributed by atoms with E-state index in [1.807, 2.05) is 4.68 Å². The van der Waals surface area contributed by atoms with Crippen LogP contribution < -0.4 is 4.90 Å². The average Bonchev–Trinajstić information content (AvgIpc) is 3.20. The average molecular weight is 377 g/mol. The number of hydrogen-bond acceptors (Lipinski definition) is 5. The van der Waals surface area contributed by atoms with Gasteiger partial charge in [-0.1, -0.05) is 48.5 Å². The standard InChI is InChI=1S/C22H28N6/c1-22(2,3)28-21(23-24-25-28)20(18-10-6-4-7-11-18)27-16-14-26(15-17-27)19-12-8-5-9-13-19/h4-13,20H,14-17H2,1-3H3/t20-/m0/s1. The summed E-state index contributed by atoms with van der Waals surface area (Å²) < 4.78 is 1.97. The summed E-state index contributed by atoms with van der Waals surface area (Å²) >= 11 is 0. The first-order valence-corrected chi connectivity index (χ1v) is 9.92. The molecule has 1 fully saturated rings. The summed E-state index contributed by atoms with van der Waals surface area (Å²) in [7, 11) is 0. The lowest BCUT2D eigenvalue weighted by atomic mass is 10.0. The quantitative estimate of drug-likeness (QED) is 0.699. The Morgan fingerprint density at radius 2 is 1.43 bits per heavy atom. The third-order valence-electron chi connectivity index (χ3n) is 5.29. The van der Waals surface area contributed by atoms with Gasteiger partial charge in [-0.05, 0) is 48.9 Å². The molecule has 1 aliphatic heterocycles. The van der Waals surface area contributed by atoms with E-state index in [1.165, 1.54) is 11.3 Å². The molecule has 28 heavy (non-hydrogen) atoms. The summed E-state index contributed by atoms with van der Waals surface area (Å²) in [5.41, 5.74) is 2.35. The van der Waals surface area contributed by atoms with Crippen molar-refractivity contribution in [1.29, 1.82) is 0 Å². The second-order valence-electron chi connectivity index (χ2n) is 8.29. The maximum atomic E-state index is 4.46. The summed E-state index contributed by atoms with van der Waals surface area (Å²) in [6.45, 7) is 10.3. The molecule has 0 bridgehead atoms. The number of anilines is 1. The highest BCUT2D eigenvalue weighted by Crippen LogP contribution is 2.31. The van der Waals surface area contributed by atoms with Crippen molar-refractivity contribution in [1.82, 2.24) is 25.1 Å². The lowest BCUT2D eigenvalue weighted by molar-refractivity contribution is 0.191. The number of nitrogens with zero attached hydrogens (tertiary/aromatic N) is 6. The van der Waals surface area contributed by atoms with Crippen LogP contribution >= 0.6 is 0 Å². The summed E-state index contributed by atoms with van der Waals surface area (Å²) in [5.74, 6) is 0.909. The predicted molar refractivity (Wildman–Crippen MR) is 111 cm³/mol. The molecule has 1 atom stereocenters. The number of rotatable bonds is 4. The number of benzene rings is 2. The molecular formula is C22H28N6. The number of para-hydroxylation sites is 1. The van der Waals surface area contributed by atoms with E-state index in [1.54, 1.807) is 0 Å². The fraction of sp³-hybridized carbons (Fsp3) is 0.409. The van der Waals surface area contributed by atoms with Crippen molar-refractivity contribution in [3.63, 3.8) is 0 Å². The monoisotopic (exact) mass is 376 g/mol. The number of hydrogen-bond donors (Lipinski definition) is 0. The van der Waals surface area contributed by atoms with Gasteiger partial charge in [-0.25, -0.2) is 4.68 Å². The maximum absolute atomic E-state index is 4.46. The lowest BCUT2D eigenvalue weighted by Gasteiger charge is -2.40. The van der Waals surface area contributed by atoms with Gasteiger partial charge in [0, 0.05) is 31.9 Å². The second-order valence-corrected chi connectivity index (χ2v) is 8.29. The van der Waals surface area contributed by atoms with Gasteiger partial charge in [-0.15, -0.1) is 5.10 Å². The molecule has 2 heterocycles. The second kappa shape index (κ2) is 7.72. The number of aromatic nitrogens is 4. The topological polar surface area (TPSA) is 50.1 Å². The third kappa shape index (κ3) is 3.78. The van der Waals surface area contributed by atoms with Crippen LogP contribution in [0, 0.1) is 0 Å². The van der Waals surface area contributed by atoms with Gasteiger partial charge in [-0.3, -0.25) is 4.90 Å². The van der Waals surface area contributed by atoms with Gasteiger partial charge in [0.2, 0.25) is 0 Å². The Bertz CT molecular complexity index is 876. The van der Waals surface area contributed by atoms with Crippen molar-refractivity contribution < 1.29 is 0 Å². The van der Waals surface area contributed by atoms with Crippen LogP contribution in [0.5, 0.6) is 0 Å². The van der Waals surface area contributed by atoms with Crippen molar-refractivity contribution in [2.75, 3.05) is 31.1 Å². The molecule has 1 saturated heterocycles. The molecule has 0 radical (unpaired) electrons. The van der Waals surface area contributed by atoms with Gasteiger partial charge < -0.3 is 4.90 Å². The van der Waals surface area contributed by atoms with Crippen LogP contribution in [-0.4, -0.2) is 51.3 Å². The lowest BCUT2D eigenvalue weighted by Crippen LogP contribution is -2.48. The van der Waals surface area contributed by atoms with E-state index in [4.69, 9.17) is 0 Å². The normalized spacial score (nSPS) is 16.9. The van der Waals surface area contributed by atoms with Crippen LogP contribution in [0.25, 0.3) is 0 Å². The SMILES string of the molecule is CC(C)(C)n1nnnc1[C@H](c1ccccc1)N1CCN(c2ccccc2)CC1. The minimum absolute atomic E-state index is 0.0494. The van der Waals surface area contributed by atoms with E-state index in [2.05, 4.69) is 107 Å². The Morgan fingerprint density at radius 1 is 0.821 bits per heavy atom. The van der Waals surface area contributed by atoms with Gasteiger partial charge in [0.05, 0.1) is 11.6 Å². The first kappa shape index (κ1) is 18.6. The highest BCUT2D eigenvalue weighted by molar-refractivity contribution is 5.46. The first-order chi connectivity index (χ1) is 13.5. The highest BCUT2D eigenvalue weighted by Gasteiger charge is 2.33. The summed E-state index contributed by atoms with van der Waals surface area (Å²) in [6.07, 6.45) is 0. The van der Waals surface area contributed by atoms with Crippen LogP contribution in [-0.2, 0) is 5.54 Å². The molecule has 0 unspecified atom stereocenters. The highest BCUT2D eigenvalue weighted by atomic mass is 15.6. The minimum Gasteiger partial charge on any atom is -0.369 e. The van der Waals surface area contributed by atoms with Crippen LogP contribution in [0.1, 0.15) is 38.2 Å². The third-order valence-corrected chi connectivity index (χ3v) is 5.29. The first-order valence-electron chi connectivity index (χ1n) is 9.92. The van der Waals surface area contributed by atoms with Gasteiger partial charge in [0.25, 0.3) is 0 Å². The van der Waals surface area contributed by atoms with Crippen molar-refractivity contribution in [2.45, 2.75) is 32.4 Å². The molecule has 3 aromatic rings. The van der Waals surface area contributed by atoms with Crippen LogP contribution in [0.4, 0.5) is 5.69 Å². The van der Waals surface area contributed by atoms with Gasteiger partial charge in [0.1, 0.15) is 0 Å².